The van der Waals surface area contributed by atoms with E-state index in [1.165, 1.54) is 106 Å². The highest BCUT2D eigenvalue weighted by Crippen LogP contribution is 2.44. The van der Waals surface area contributed by atoms with Crippen LogP contribution in [0.2, 0.25) is 0 Å². The largest absolute Gasteiger partial charge is 0.308 e. The zero-order valence-electron chi connectivity index (χ0n) is 27.9. The molecule has 0 spiro atoms. The number of fused-ring (bicyclic) bond motifs is 12. The minimum absolute atomic E-state index is 1.22. The highest BCUT2D eigenvalue weighted by Gasteiger charge is 2.19. The molecule has 4 heteroatoms. The first-order chi connectivity index (χ1) is 25.8. The molecule has 12 aromatic rings. The Hall–Kier alpha value is -6.20. The molecule has 242 valence electrons. The van der Waals surface area contributed by atoms with E-state index in [4.69, 9.17) is 0 Å². The van der Waals surface area contributed by atoms with Crippen molar-refractivity contribution in [2.75, 3.05) is 0 Å². The Balaban J connectivity index is 1.07. The second kappa shape index (κ2) is 10.7. The number of hydrogen-bond acceptors (Lipinski definition) is 2. The molecule has 52 heavy (non-hydrogen) atoms. The fourth-order valence-corrected chi connectivity index (χ4v) is 11.1. The van der Waals surface area contributed by atoms with Crippen LogP contribution in [0.3, 0.4) is 0 Å². The van der Waals surface area contributed by atoms with E-state index in [0.717, 1.165) is 0 Å². The summed E-state index contributed by atoms with van der Waals surface area (Å²) in [6.07, 6.45) is 0. The normalized spacial score (nSPS) is 12.2. The molecule has 12 rings (SSSR count). The minimum atomic E-state index is 1.22. The van der Waals surface area contributed by atoms with Gasteiger partial charge in [0, 0.05) is 52.5 Å². The van der Waals surface area contributed by atoms with Gasteiger partial charge in [-0.25, -0.2) is 0 Å². The summed E-state index contributed by atoms with van der Waals surface area (Å²) in [5, 5.41) is 10.4. The fourth-order valence-electron chi connectivity index (χ4n) is 8.64. The van der Waals surface area contributed by atoms with Crippen molar-refractivity contribution in [3.63, 3.8) is 0 Å². The summed E-state index contributed by atoms with van der Waals surface area (Å²) in [6, 6.07) is 62.8. The number of aromatic nitrogens is 2. The number of rotatable bonds is 3. The van der Waals surface area contributed by atoms with E-state index in [1.54, 1.807) is 0 Å². The van der Waals surface area contributed by atoms with Crippen LogP contribution in [-0.2, 0) is 0 Å². The van der Waals surface area contributed by atoms with Crippen molar-refractivity contribution in [2.45, 2.75) is 0 Å². The summed E-state index contributed by atoms with van der Waals surface area (Å²) in [4.78, 5) is 0. The van der Waals surface area contributed by atoms with Gasteiger partial charge in [0.1, 0.15) is 0 Å². The van der Waals surface area contributed by atoms with Crippen LogP contribution < -0.4 is 0 Å². The molecule has 0 aliphatic rings. The van der Waals surface area contributed by atoms with Crippen LogP contribution in [-0.4, -0.2) is 9.13 Å². The third-order valence-corrected chi connectivity index (χ3v) is 13.3. The molecule has 8 aromatic carbocycles. The molecular formula is C48H28N2S2. The predicted octanol–water partition coefficient (Wildman–Crippen LogP) is 14.3. The first kappa shape index (κ1) is 28.5. The molecule has 0 aliphatic carbocycles. The maximum absolute atomic E-state index is 2.47. The lowest BCUT2D eigenvalue weighted by Gasteiger charge is -2.11. The topological polar surface area (TPSA) is 9.86 Å². The van der Waals surface area contributed by atoms with Crippen LogP contribution >= 0.6 is 22.7 Å². The van der Waals surface area contributed by atoms with Gasteiger partial charge in [-0.15, -0.1) is 22.7 Å². The van der Waals surface area contributed by atoms with Gasteiger partial charge in [0.25, 0.3) is 0 Å². The Labute approximate surface area is 306 Å². The number of para-hydroxylation sites is 2. The van der Waals surface area contributed by atoms with E-state index >= 15 is 0 Å². The summed E-state index contributed by atoms with van der Waals surface area (Å²) < 4.78 is 10.2. The van der Waals surface area contributed by atoms with Crippen LogP contribution in [0.25, 0.3) is 106 Å². The first-order valence-electron chi connectivity index (χ1n) is 17.7. The van der Waals surface area contributed by atoms with Gasteiger partial charge in [-0.3, -0.25) is 0 Å². The van der Waals surface area contributed by atoms with Crippen LogP contribution in [0.1, 0.15) is 0 Å². The average molecular weight is 697 g/mol. The quantitative estimate of drug-likeness (QED) is 0.174. The lowest BCUT2D eigenvalue weighted by atomic mass is 10.0. The summed E-state index contributed by atoms with van der Waals surface area (Å²) in [5.74, 6) is 0. The van der Waals surface area contributed by atoms with Crippen molar-refractivity contribution in [3.05, 3.63) is 170 Å². The van der Waals surface area contributed by atoms with Crippen molar-refractivity contribution < 1.29 is 0 Å². The zero-order valence-corrected chi connectivity index (χ0v) is 29.5. The van der Waals surface area contributed by atoms with E-state index in [0.29, 0.717) is 0 Å². The zero-order chi connectivity index (χ0) is 33.9. The number of hydrogen-bond donors (Lipinski definition) is 0. The highest BCUT2D eigenvalue weighted by atomic mass is 32.1. The standard InChI is InChI=1S/C48H28N2S2/c1-5-17-39-31(11-1)37-27-29(23-25-41(37)49(39)43-19-9-15-35-33-13-3-7-21-45(33)51-47(35)43)30-24-26-42-38(28-30)32-12-2-6-18-40(32)50(42)44-20-10-16-36-34-14-4-8-22-46(34)52-48(36)44/h1-28H. The molecule has 2 nitrogen and oxygen atoms in total. The summed E-state index contributed by atoms with van der Waals surface area (Å²) in [6.45, 7) is 0. The molecule has 0 fully saturated rings. The van der Waals surface area contributed by atoms with Crippen molar-refractivity contribution >= 4 is 107 Å². The molecule has 0 amide bonds. The van der Waals surface area contributed by atoms with E-state index in [-0.39, 0.29) is 0 Å². The summed E-state index contributed by atoms with van der Waals surface area (Å²) in [7, 11) is 0. The number of benzene rings is 8. The molecule has 0 radical (unpaired) electrons. The molecule has 0 saturated carbocycles. The van der Waals surface area contributed by atoms with E-state index in [9.17, 15) is 0 Å². The van der Waals surface area contributed by atoms with Gasteiger partial charge in [-0.2, -0.15) is 0 Å². The monoisotopic (exact) mass is 696 g/mol. The second-order valence-corrected chi connectivity index (χ2v) is 15.8. The van der Waals surface area contributed by atoms with E-state index < -0.39 is 0 Å². The lowest BCUT2D eigenvalue weighted by Crippen LogP contribution is -1.94. The summed E-state index contributed by atoms with van der Waals surface area (Å²) >= 11 is 3.77. The molecule has 0 N–H and O–H groups in total. The predicted molar refractivity (Wildman–Crippen MR) is 226 cm³/mol. The van der Waals surface area contributed by atoms with Gasteiger partial charge in [0.2, 0.25) is 0 Å². The van der Waals surface area contributed by atoms with E-state index in [2.05, 4.69) is 179 Å². The molecule has 0 aliphatic heterocycles. The Morgan fingerprint density at radius 3 is 1.15 bits per heavy atom. The molecule has 0 atom stereocenters. The van der Waals surface area contributed by atoms with Crippen molar-refractivity contribution in [2.24, 2.45) is 0 Å². The van der Waals surface area contributed by atoms with Crippen LogP contribution in [0.4, 0.5) is 0 Å². The summed E-state index contributed by atoms with van der Waals surface area (Å²) in [5.41, 5.74) is 9.83. The fraction of sp³-hybridized carbons (Fsp3) is 0. The van der Waals surface area contributed by atoms with Gasteiger partial charge in [0.15, 0.2) is 0 Å². The number of nitrogens with zero attached hydrogens (tertiary/aromatic N) is 2. The maximum Gasteiger partial charge on any atom is 0.0640 e. The second-order valence-electron chi connectivity index (χ2n) is 13.7. The smallest absolute Gasteiger partial charge is 0.0640 e. The molecule has 4 aromatic heterocycles. The van der Waals surface area contributed by atoms with Gasteiger partial charge in [-0.05, 0) is 71.8 Å². The Morgan fingerprint density at radius 2 is 0.673 bits per heavy atom. The van der Waals surface area contributed by atoms with Crippen molar-refractivity contribution in [1.29, 1.82) is 0 Å². The molecule has 0 saturated heterocycles. The van der Waals surface area contributed by atoms with Crippen molar-refractivity contribution in [3.8, 4) is 22.5 Å². The Morgan fingerprint density at radius 1 is 0.288 bits per heavy atom. The molecule has 4 heterocycles. The minimum Gasteiger partial charge on any atom is -0.308 e. The molecule has 0 bridgehead atoms. The molecule has 0 unspecified atom stereocenters. The van der Waals surface area contributed by atoms with Gasteiger partial charge < -0.3 is 9.13 Å². The molecular weight excluding hydrogens is 669 g/mol. The Bertz CT molecular complexity index is 3190. The number of thiophene rings is 2. The third-order valence-electron chi connectivity index (χ3n) is 10.9. The van der Waals surface area contributed by atoms with E-state index in [1.807, 2.05) is 22.7 Å². The van der Waals surface area contributed by atoms with Gasteiger partial charge in [-0.1, -0.05) is 109 Å². The maximum atomic E-state index is 2.47. The van der Waals surface area contributed by atoms with Gasteiger partial charge >= 0.3 is 0 Å². The van der Waals surface area contributed by atoms with Crippen molar-refractivity contribution in [1.82, 2.24) is 9.13 Å². The third kappa shape index (κ3) is 3.88. The first-order valence-corrected chi connectivity index (χ1v) is 19.3. The SMILES string of the molecule is c1ccc2c(c1)sc1c(-n3c4ccccc4c4cc(-c5ccc6c(c5)c5ccccc5n6-c5cccc6c5sc5ccccc56)ccc43)cccc12. The Kier molecular flexibility index (Phi) is 5.84. The average Bonchev–Trinajstić information content (AvgIpc) is 3.95. The van der Waals surface area contributed by atoms with Crippen LogP contribution in [0.5, 0.6) is 0 Å². The van der Waals surface area contributed by atoms with Crippen LogP contribution in [0.15, 0.2) is 170 Å². The lowest BCUT2D eigenvalue weighted by molar-refractivity contribution is 1.20. The highest BCUT2D eigenvalue weighted by molar-refractivity contribution is 7.26. The van der Waals surface area contributed by atoms with Gasteiger partial charge in [0.05, 0.1) is 42.8 Å². The van der Waals surface area contributed by atoms with Crippen LogP contribution in [0, 0.1) is 0 Å².